The molecule has 0 spiro atoms. The Labute approximate surface area is 288 Å². The predicted molar refractivity (Wildman–Crippen MR) is 205 cm³/mol. The van der Waals surface area contributed by atoms with Crippen LogP contribution < -0.4 is 0 Å². The van der Waals surface area contributed by atoms with Crippen molar-refractivity contribution in [2.24, 2.45) is 0 Å². The maximum absolute atomic E-state index is 6.50. The van der Waals surface area contributed by atoms with E-state index in [9.17, 15) is 0 Å². The van der Waals surface area contributed by atoms with Crippen LogP contribution in [0, 0.1) is 0 Å². The Morgan fingerprint density at radius 1 is 0.400 bits per heavy atom. The minimum absolute atomic E-state index is 0.660. The summed E-state index contributed by atoms with van der Waals surface area (Å²) >= 11 is 0. The molecule has 0 unspecified atom stereocenters. The van der Waals surface area contributed by atoms with Crippen LogP contribution in [0.25, 0.3) is 94.5 Å². The lowest BCUT2D eigenvalue weighted by Gasteiger charge is -2.11. The number of hydrogen-bond donors (Lipinski definition) is 0. The summed E-state index contributed by atoms with van der Waals surface area (Å²) in [5.74, 6) is 0.660. The molecule has 10 rings (SSSR count). The first-order valence-electron chi connectivity index (χ1n) is 16.8. The molecule has 0 saturated carbocycles. The van der Waals surface area contributed by atoms with Gasteiger partial charge in [-0.2, -0.15) is 0 Å². The standard InChI is InChI=1S/C46H29N3O/c1-4-14-30(15-5-1)34-21-12-24-41-44(34)35-20-10-11-23-40(35)49(41)33-26-27-42-37(28-33)45-36(22-13-25-43(45)50-42)46-47-38(31-16-6-2-7-17-31)29-39(48-46)32-18-8-3-9-19-32/h1-29H. The number of nitrogens with zero attached hydrogens (tertiary/aromatic N) is 3. The molecule has 0 aliphatic heterocycles. The van der Waals surface area contributed by atoms with Crippen LogP contribution >= 0.6 is 0 Å². The van der Waals surface area contributed by atoms with Gasteiger partial charge in [0.15, 0.2) is 5.82 Å². The van der Waals surface area contributed by atoms with E-state index >= 15 is 0 Å². The van der Waals surface area contributed by atoms with Gasteiger partial charge in [0, 0.05) is 43.9 Å². The predicted octanol–water partition coefficient (Wildman–Crippen LogP) is 12.1. The molecule has 0 bridgehead atoms. The molecule has 0 atom stereocenters. The van der Waals surface area contributed by atoms with Gasteiger partial charge in [-0.1, -0.05) is 133 Å². The van der Waals surface area contributed by atoms with Gasteiger partial charge in [0.05, 0.1) is 22.4 Å². The van der Waals surface area contributed by atoms with E-state index in [1.807, 2.05) is 48.5 Å². The summed E-state index contributed by atoms with van der Waals surface area (Å²) in [6, 6.07) is 61.3. The van der Waals surface area contributed by atoms with Crippen molar-refractivity contribution in [1.82, 2.24) is 14.5 Å². The largest absolute Gasteiger partial charge is 0.456 e. The number of aromatic nitrogens is 3. The molecule has 0 N–H and O–H groups in total. The third kappa shape index (κ3) is 4.54. The minimum atomic E-state index is 0.660. The molecule has 4 heteroatoms. The van der Waals surface area contributed by atoms with E-state index in [0.717, 1.165) is 66.7 Å². The highest BCUT2D eigenvalue weighted by atomic mass is 16.3. The number of para-hydroxylation sites is 1. The molecule has 0 saturated heterocycles. The molecule has 3 heterocycles. The van der Waals surface area contributed by atoms with Crippen LogP contribution in [0.3, 0.4) is 0 Å². The zero-order valence-corrected chi connectivity index (χ0v) is 27.0. The molecule has 50 heavy (non-hydrogen) atoms. The number of hydrogen-bond acceptors (Lipinski definition) is 3. The summed E-state index contributed by atoms with van der Waals surface area (Å²) in [7, 11) is 0. The lowest BCUT2D eigenvalue weighted by Crippen LogP contribution is -1.96. The molecule has 4 nitrogen and oxygen atoms in total. The first-order chi connectivity index (χ1) is 24.8. The van der Waals surface area contributed by atoms with Crippen molar-refractivity contribution >= 4 is 43.7 Å². The van der Waals surface area contributed by atoms with Gasteiger partial charge in [0.1, 0.15) is 11.2 Å². The summed E-state index contributed by atoms with van der Waals surface area (Å²) in [5, 5.41) is 4.48. The van der Waals surface area contributed by atoms with E-state index in [1.54, 1.807) is 0 Å². The van der Waals surface area contributed by atoms with Crippen molar-refractivity contribution in [2.75, 3.05) is 0 Å². The summed E-state index contributed by atoms with van der Waals surface area (Å²) in [6.07, 6.45) is 0. The van der Waals surface area contributed by atoms with Crippen molar-refractivity contribution < 1.29 is 4.42 Å². The quantitative estimate of drug-likeness (QED) is 0.188. The Kier molecular flexibility index (Phi) is 6.46. The Morgan fingerprint density at radius 2 is 1.00 bits per heavy atom. The monoisotopic (exact) mass is 639 g/mol. The first kappa shape index (κ1) is 28.3. The van der Waals surface area contributed by atoms with E-state index in [0.29, 0.717) is 5.82 Å². The smallest absolute Gasteiger partial charge is 0.161 e. The molecule has 0 aliphatic carbocycles. The number of furan rings is 1. The zero-order chi connectivity index (χ0) is 33.0. The van der Waals surface area contributed by atoms with Crippen molar-refractivity contribution in [2.45, 2.75) is 0 Å². The Bertz CT molecular complexity index is 2800. The van der Waals surface area contributed by atoms with Gasteiger partial charge in [0.2, 0.25) is 0 Å². The lowest BCUT2D eigenvalue weighted by atomic mass is 9.99. The van der Waals surface area contributed by atoms with E-state index in [4.69, 9.17) is 14.4 Å². The number of rotatable bonds is 5. The average molecular weight is 640 g/mol. The second-order valence-corrected chi connectivity index (χ2v) is 12.6. The maximum Gasteiger partial charge on any atom is 0.161 e. The fourth-order valence-electron chi connectivity index (χ4n) is 7.38. The van der Waals surface area contributed by atoms with E-state index in [-0.39, 0.29) is 0 Å². The van der Waals surface area contributed by atoms with Gasteiger partial charge < -0.3 is 8.98 Å². The van der Waals surface area contributed by atoms with Gasteiger partial charge in [-0.25, -0.2) is 9.97 Å². The fraction of sp³-hybridized carbons (Fsp3) is 0. The fourth-order valence-corrected chi connectivity index (χ4v) is 7.38. The highest BCUT2D eigenvalue weighted by molar-refractivity contribution is 6.17. The molecule has 0 amide bonds. The summed E-state index contributed by atoms with van der Waals surface area (Å²) in [5.41, 5.74) is 12.2. The molecule has 7 aromatic carbocycles. The summed E-state index contributed by atoms with van der Waals surface area (Å²) < 4.78 is 8.88. The van der Waals surface area contributed by atoms with Crippen LogP contribution in [-0.4, -0.2) is 14.5 Å². The highest BCUT2D eigenvalue weighted by Crippen LogP contribution is 2.41. The topological polar surface area (TPSA) is 43.9 Å². The van der Waals surface area contributed by atoms with Crippen molar-refractivity contribution in [3.63, 3.8) is 0 Å². The van der Waals surface area contributed by atoms with Gasteiger partial charge in [0.25, 0.3) is 0 Å². The number of benzene rings is 7. The van der Waals surface area contributed by atoms with Gasteiger partial charge in [-0.3, -0.25) is 0 Å². The third-order valence-corrected chi connectivity index (χ3v) is 9.63. The van der Waals surface area contributed by atoms with Crippen molar-refractivity contribution in [3.8, 4) is 50.7 Å². The SMILES string of the molecule is c1ccc(-c2cc(-c3ccccc3)nc(-c3cccc4oc5ccc(-n6c7ccccc7c7c(-c8ccccc8)cccc76)cc5c34)n2)cc1. The molecule has 0 aliphatic rings. The van der Waals surface area contributed by atoms with E-state index in [2.05, 4.69) is 132 Å². The van der Waals surface area contributed by atoms with Crippen LogP contribution in [0.5, 0.6) is 0 Å². The molecule has 0 radical (unpaired) electrons. The Hall–Kier alpha value is -6.78. The van der Waals surface area contributed by atoms with Gasteiger partial charge in [-0.05, 0) is 53.6 Å². The van der Waals surface area contributed by atoms with Crippen LogP contribution in [0.1, 0.15) is 0 Å². The molecule has 0 fully saturated rings. The van der Waals surface area contributed by atoms with E-state index < -0.39 is 0 Å². The molecular weight excluding hydrogens is 611 g/mol. The lowest BCUT2D eigenvalue weighted by molar-refractivity contribution is 0.669. The van der Waals surface area contributed by atoms with Crippen LogP contribution in [0.2, 0.25) is 0 Å². The van der Waals surface area contributed by atoms with Gasteiger partial charge >= 0.3 is 0 Å². The second-order valence-electron chi connectivity index (χ2n) is 12.6. The van der Waals surface area contributed by atoms with Crippen LogP contribution in [-0.2, 0) is 0 Å². The molecule has 3 aromatic heterocycles. The van der Waals surface area contributed by atoms with E-state index in [1.165, 1.54) is 21.9 Å². The molecular formula is C46H29N3O. The van der Waals surface area contributed by atoms with Crippen molar-refractivity contribution in [3.05, 3.63) is 176 Å². The maximum atomic E-state index is 6.50. The summed E-state index contributed by atoms with van der Waals surface area (Å²) in [6.45, 7) is 0. The summed E-state index contributed by atoms with van der Waals surface area (Å²) in [4.78, 5) is 10.3. The second kappa shape index (κ2) is 11.4. The van der Waals surface area contributed by atoms with Crippen LogP contribution in [0.4, 0.5) is 0 Å². The van der Waals surface area contributed by atoms with Gasteiger partial charge in [-0.15, -0.1) is 0 Å². The van der Waals surface area contributed by atoms with Crippen LogP contribution in [0.15, 0.2) is 180 Å². The zero-order valence-electron chi connectivity index (χ0n) is 27.0. The minimum Gasteiger partial charge on any atom is -0.456 e. The first-order valence-corrected chi connectivity index (χ1v) is 16.8. The Balaban J connectivity index is 1.22. The van der Waals surface area contributed by atoms with Crippen molar-refractivity contribution in [1.29, 1.82) is 0 Å². The normalized spacial score (nSPS) is 11.6. The number of fused-ring (bicyclic) bond motifs is 6. The highest BCUT2D eigenvalue weighted by Gasteiger charge is 2.20. The average Bonchev–Trinajstić information content (AvgIpc) is 3.74. The molecule has 10 aromatic rings. The third-order valence-electron chi connectivity index (χ3n) is 9.63. The molecule has 234 valence electrons. The Morgan fingerprint density at radius 3 is 1.72 bits per heavy atom.